The smallest absolute Gasteiger partial charge is 0.433 e. The molecule has 0 aliphatic carbocycles. The molecule has 0 radical (unpaired) electrons. The van der Waals surface area contributed by atoms with Gasteiger partial charge in [-0.05, 0) is 12.1 Å². The maximum absolute atomic E-state index is 12.2. The monoisotopic (exact) mass is 234 g/mol. The van der Waals surface area contributed by atoms with E-state index in [1.54, 1.807) is 0 Å². The van der Waals surface area contributed by atoms with Gasteiger partial charge in [0.05, 0.1) is 0 Å². The van der Waals surface area contributed by atoms with Gasteiger partial charge in [0.2, 0.25) is 5.88 Å². The molecule has 0 aliphatic rings. The third-order valence-corrected chi connectivity index (χ3v) is 1.80. The summed E-state index contributed by atoms with van der Waals surface area (Å²) in [5, 5.41) is 9.22. The minimum absolute atomic E-state index is 0.266. The van der Waals surface area contributed by atoms with Crippen LogP contribution in [0.15, 0.2) is 12.1 Å². The molecule has 0 saturated carbocycles. The van der Waals surface area contributed by atoms with Crippen LogP contribution in [-0.4, -0.2) is 35.0 Å². The number of alkyl halides is 3. The van der Waals surface area contributed by atoms with E-state index < -0.39 is 23.7 Å². The van der Waals surface area contributed by atoms with E-state index in [1.165, 1.54) is 14.1 Å². The van der Waals surface area contributed by atoms with Gasteiger partial charge in [0.15, 0.2) is 0 Å². The van der Waals surface area contributed by atoms with Gasteiger partial charge in [0.1, 0.15) is 11.3 Å². The Morgan fingerprint density at radius 1 is 1.38 bits per heavy atom. The summed E-state index contributed by atoms with van der Waals surface area (Å²) in [7, 11) is 2.83. The first-order valence-corrected chi connectivity index (χ1v) is 4.22. The summed E-state index contributed by atoms with van der Waals surface area (Å²) in [5.41, 5.74) is -1.50. The molecule has 0 fully saturated rings. The van der Waals surface area contributed by atoms with Gasteiger partial charge < -0.3 is 10.0 Å². The summed E-state index contributed by atoms with van der Waals surface area (Å²) in [6.45, 7) is 0. The second-order valence-corrected chi connectivity index (χ2v) is 3.26. The number of carbonyl (C=O) groups excluding carboxylic acids is 1. The van der Waals surface area contributed by atoms with Gasteiger partial charge >= 0.3 is 6.18 Å². The fourth-order valence-electron chi connectivity index (χ4n) is 1.01. The number of amides is 1. The van der Waals surface area contributed by atoms with Crippen LogP contribution in [0.1, 0.15) is 16.1 Å². The molecule has 0 bridgehead atoms. The van der Waals surface area contributed by atoms with Gasteiger partial charge in [0.25, 0.3) is 5.91 Å². The van der Waals surface area contributed by atoms with E-state index in [0.717, 1.165) is 11.0 Å². The molecule has 1 N–H and O–H groups in total. The number of aromatic nitrogens is 1. The van der Waals surface area contributed by atoms with Gasteiger partial charge in [-0.2, -0.15) is 13.2 Å². The average Bonchev–Trinajstić information content (AvgIpc) is 2.15. The number of hydrogen-bond acceptors (Lipinski definition) is 3. The van der Waals surface area contributed by atoms with E-state index in [0.29, 0.717) is 6.07 Å². The molecule has 0 unspecified atom stereocenters. The molecule has 7 heteroatoms. The van der Waals surface area contributed by atoms with Crippen molar-refractivity contribution in [3.05, 3.63) is 23.4 Å². The van der Waals surface area contributed by atoms with Crippen molar-refractivity contribution in [2.75, 3.05) is 14.1 Å². The molecule has 1 aromatic heterocycles. The molecule has 1 heterocycles. The molecule has 0 spiro atoms. The Labute approximate surface area is 89.3 Å². The molecule has 0 saturated heterocycles. The fourth-order valence-corrected chi connectivity index (χ4v) is 1.01. The summed E-state index contributed by atoms with van der Waals surface area (Å²) >= 11 is 0. The lowest BCUT2D eigenvalue weighted by Crippen LogP contribution is -2.22. The standard InChI is InChI=1S/C9H9F3N2O2/c1-14(2)8(16)5-3-4-6(9(10,11)12)13-7(5)15/h3-4H,1-2H3,(H,13,15). The van der Waals surface area contributed by atoms with E-state index in [-0.39, 0.29) is 5.56 Å². The second kappa shape index (κ2) is 3.99. The summed E-state index contributed by atoms with van der Waals surface area (Å²) in [5.74, 6) is -1.53. The van der Waals surface area contributed by atoms with Crippen LogP contribution in [0.5, 0.6) is 5.88 Å². The Bertz CT molecular complexity index is 416. The Kier molecular flexibility index (Phi) is 3.06. The lowest BCUT2D eigenvalue weighted by molar-refractivity contribution is -0.141. The van der Waals surface area contributed by atoms with Crippen molar-refractivity contribution in [1.29, 1.82) is 0 Å². The fraction of sp³-hybridized carbons (Fsp3) is 0.333. The van der Waals surface area contributed by atoms with E-state index >= 15 is 0 Å². The van der Waals surface area contributed by atoms with Gasteiger partial charge in [0, 0.05) is 14.1 Å². The molecule has 88 valence electrons. The largest absolute Gasteiger partial charge is 0.493 e. The van der Waals surface area contributed by atoms with Gasteiger partial charge in [-0.1, -0.05) is 0 Å². The zero-order valence-corrected chi connectivity index (χ0v) is 8.54. The molecule has 0 atom stereocenters. The number of hydrogen-bond donors (Lipinski definition) is 1. The average molecular weight is 234 g/mol. The van der Waals surface area contributed by atoms with Crippen LogP contribution < -0.4 is 0 Å². The highest BCUT2D eigenvalue weighted by Gasteiger charge is 2.33. The van der Waals surface area contributed by atoms with Crippen molar-refractivity contribution in [2.45, 2.75) is 6.18 Å². The quantitative estimate of drug-likeness (QED) is 0.801. The van der Waals surface area contributed by atoms with E-state index in [2.05, 4.69) is 4.98 Å². The van der Waals surface area contributed by atoms with E-state index in [9.17, 15) is 23.1 Å². The van der Waals surface area contributed by atoms with Crippen LogP contribution in [0.3, 0.4) is 0 Å². The number of nitrogens with zero attached hydrogens (tertiary/aromatic N) is 2. The van der Waals surface area contributed by atoms with Gasteiger partial charge in [-0.25, -0.2) is 4.98 Å². The van der Waals surface area contributed by atoms with Gasteiger partial charge in [-0.3, -0.25) is 4.79 Å². The van der Waals surface area contributed by atoms with Crippen molar-refractivity contribution in [3.8, 4) is 5.88 Å². The summed E-state index contributed by atoms with van der Waals surface area (Å²) in [4.78, 5) is 15.4. The van der Waals surface area contributed by atoms with Crippen LogP contribution in [0.4, 0.5) is 13.2 Å². The van der Waals surface area contributed by atoms with Crippen LogP contribution in [0.2, 0.25) is 0 Å². The van der Waals surface area contributed by atoms with Crippen LogP contribution in [0, 0.1) is 0 Å². The Balaban J connectivity index is 3.15. The SMILES string of the molecule is CN(C)C(=O)c1ccc(C(F)(F)F)nc1O. The van der Waals surface area contributed by atoms with Crippen molar-refractivity contribution in [1.82, 2.24) is 9.88 Å². The number of carbonyl (C=O) groups is 1. The topological polar surface area (TPSA) is 53.4 Å². The Morgan fingerprint density at radius 3 is 2.31 bits per heavy atom. The Hall–Kier alpha value is -1.79. The van der Waals surface area contributed by atoms with Crippen LogP contribution in [0.25, 0.3) is 0 Å². The van der Waals surface area contributed by atoms with E-state index in [1.807, 2.05) is 0 Å². The second-order valence-electron chi connectivity index (χ2n) is 3.26. The predicted molar refractivity (Wildman–Crippen MR) is 48.9 cm³/mol. The van der Waals surface area contributed by atoms with Crippen molar-refractivity contribution < 1.29 is 23.1 Å². The normalized spacial score (nSPS) is 11.3. The first kappa shape index (κ1) is 12.3. The van der Waals surface area contributed by atoms with Gasteiger partial charge in [-0.15, -0.1) is 0 Å². The molecule has 4 nitrogen and oxygen atoms in total. The maximum Gasteiger partial charge on any atom is 0.433 e. The third-order valence-electron chi connectivity index (χ3n) is 1.80. The summed E-state index contributed by atoms with van der Waals surface area (Å²) in [6, 6.07) is 1.55. The Morgan fingerprint density at radius 2 is 1.94 bits per heavy atom. The molecule has 1 rings (SSSR count). The van der Waals surface area contributed by atoms with Crippen molar-refractivity contribution >= 4 is 5.91 Å². The zero-order valence-electron chi connectivity index (χ0n) is 8.54. The number of aromatic hydroxyl groups is 1. The molecular formula is C9H9F3N2O2. The zero-order chi connectivity index (χ0) is 12.5. The minimum atomic E-state index is -4.64. The molecule has 1 aromatic rings. The van der Waals surface area contributed by atoms with Crippen LogP contribution in [-0.2, 0) is 6.18 Å². The first-order chi connectivity index (χ1) is 7.23. The molecule has 0 aliphatic heterocycles. The van der Waals surface area contributed by atoms with Crippen LogP contribution >= 0.6 is 0 Å². The number of halogens is 3. The predicted octanol–water partition coefficient (Wildman–Crippen LogP) is 1.51. The molecule has 1 amide bonds. The molecule has 16 heavy (non-hydrogen) atoms. The number of pyridine rings is 1. The molecular weight excluding hydrogens is 225 g/mol. The summed E-state index contributed by atoms with van der Waals surface area (Å²) < 4.78 is 36.6. The maximum atomic E-state index is 12.2. The highest BCUT2D eigenvalue weighted by atomic mass is 19.4. The third kappa shape index (κ3) is 2.41. The highest BCUT2D eigenvalue weighted by molar-refractivity contribution is 5.95. The highest BCUT2D eigenvalue weighted by Crippen LogP contribution is 2.29. The number of rotatable bonds is 1. The lowest BCUT2D eigenvalue weighted by atomic mass is 10.2. The summed E-state index contributed by atoms with van der Waals surface area (Å²) in [6.07, 6.45) is -4.64. The van der Waals surface area contributed by atoms with E-state index in [4.69, 9.17) is 0 Å². The molecule has 0 aromatic carbocycles. The minimum Gasteiger partial charge on any atom is -0.493 e. The lowest BCUT2D eigenvalue weighted by Gasteiger charge is -2.12. The van der Waals surface area contributed by atoms with Crippen molar-refractivity contribution in [2.24, 2.45) is 0 Å². The van der Waals surface area contributed by atoms with Crippen molar-refractivity contribution in [3.63, 3.8) is 0 Å². The first-order valence-electron chi connectivity index (χ1n) is 4.22.